The minimum absolute atomic E-state index is 0.0293. The van der Waals surface area contributed by atoms with E-state index < -0.39 is 6.10 Å². The molecule has 0 unspecified atom stereocenters. The quantitative estimate of drug-likeness (QED) is 0.549. The molecule has 0 saturated heterocycles. The minimum Gasteiger partial charge on any atom is -0.392 e. The molecule has 0 radical (unpaired) electrons. The maximum absolute atomic E-state index is 12.9. The molecule has 7 atom stereocenters. The lowest BCUT2D eigenvalue weighted by Gasteiger charge is -2.56. The molecule has 33 heavy (non-hydrogen) atoms. The predicted molar refractivity (Wildman–Crippen MR) is 133 cm³/mol. The summed E-state index contributed by atoms with van der Waals surface area (Å²) in [7, 11) is 0. The Kier molecular flexibility index (Phi) is 7.84. The van der Waals surface area contributed by atoms with E-state index in [0.29, 0.717) is 6.54 Å². The fourth-order valence-corrected chi connectivity index (χ4v) is 7.75. The van der Waals surface area contributed by atoms with Gasteiger partial charge in [0.1, 0.15) is 0 Å². The third kappa shape index (κ3) is 5.32. The lowest BCUT2D eigenvalue weighted by molar-refractivity contribution is -0.144. The molecule has 5 nitrogen and oxygen atoms in total. The highest BCUT2D eigenvalue weighted by Crippen LogP contribution is 2.55. The number of nitrogens with one attached hydrogen (secondary N) is 2. The molecule has 1 aromatic heterocycles. The fourth-order valence-electron chi connectivity index (χ4n) is 7.11. The molecule has 1 aromatic rings. The second kappa shape index (κ2) is 10.5. The first-order valence-electron chi connectivity index (χ1n) is 13.1. The van der Waals surface area contributed by atoms with Gasteiger partial charge in [-0.15, -0.1) is 11.3 Å². The lowest BCUT2D eigenvalue weighted by Crippen LogP contribution is -2.59. The van der Waals surface area contributed by atoms with E-state index >= 15 is 0 Å². The summed E-state index contributed by atoms with van der Waals surface area (Å²) in [6.45, 7) is 7.04. The SMILES string of the molecule is C[C@@H]1[C@@H]2[C@@H](O)[C@H]([C@H](C)C(=O)NCc3cccs3)CC[C@]2(C)CC[C@@H]1NC(=O)C1CCCCC1. The summed E-state index contributed by atoms with van der Waals surface area (Å²) in [6.07, 6.45) is 9.00. The highest BCUT2D eigenvalue weighted by molar-refractivity contribution is 7.09. The summed E-state index contributed by atoms with van der Waals surface area (Å²) in [5.41, 5.74) is 0.0779. The number of fused-ring (bicyclic) bond motifs is 1. The molecular weight excluding hydrogens is 432 g/mol. The van der Waals surface area contributed by atoms with E-state index in [4.69, 9.17) is 0 Å². The van der Waals surface area contributed by atoms with Gasteiger partial charge in [0.05, 0.1) is 12.6 Å². The number of aliphatic hydroxyl groups excluding tert-OH is 1. The Morgan fingerprint density at radius 1 is 1.18 bits per heavy atom. The summed E-state index contributed by atoms with van der Waals surface area (Å²) in [4.78, 5) is 27.0. The van der Waals surface area contributed by atoms with E-state index in [1.54, 1.807) is 11.3 Å². The molecule has 6 heteroatoms. The van der Waals surface area contributed by atoms with E-state index in [0.717, 1.165) is 56.2 Å². The molecule has 3 fully saturated rings. The lowest BCUT2D eigenvalue weighted by atomic mass is 9.51. The van der Waals surface area contributed by atoms with Crippen molar-refractivity contribution >= 4 is 23.2 Å². The van der Waals surface area contributed by atoms with Crippen molar-refractivity contribution in [3.63, 3.8) is 0 Å². The molecule has 184 valence electrons. The van der Waals surface area contributed by atoms with E-state index in [1.807, 2.05) is 24.4 Å². The monoisotopic (exact) mass is 474 g/mol. The van der Waals surface area contributed by atoms with Crippen molar-refractivity contribution in [1.82, 2.24) is 10.6 Å². The van der Waals surface area contributed by atoms with Gasteiger partial charge in [0.15, 0.2) is 0 Å². The smallest absolute Gasteiger partial charge is 0.223 e. The molecule has 0 aliphatic heterocycles. The molecule has 1 heterocycles. The molecule has 0 bridgehead atoms. The van der Waals surface area contributed by atoms with Gasteiger partial charge in [-0.2, -0.15) is 0 Å². The van der Waals surface area contributed by atoms with Crippen LogP contribution in [0.5, 0.6) is 0 Å². The number of carbonyl (C=O) groups excluding carboxylic acids is 2. The van der Waals surface area contributed by atoms with Crippen LogP contribution in [0.4, 0.5) is 0 Å². The van der Waals surface area contributed by atoms with Crippen LogP contribution in [0.1, 0.15) is 83.4 Å². The van der Waals surface area contributed by atoms with Crippen LogP contribution in [0.25, 0.3) is 0 Å². The minimum atomic E-state index is -0.518. The van der Waals surface area contributed by atoms with Crippen LogP contribution >= 0.6 is 11.3 Å². The first kappa shape index (κ1) is 24.7. The first-order chi connectivity index (χ1) is 15.8. The number of hydrogen-bond donors (Lipinski definition) is 3. The summed E-state index contributed by atoms with van der Waals surface area (Å²) in [6, 6.07) is 4.14. The Morgan fingerprint density at radius 3 is 2.61 bits per heavy atom. The molecule has 3 N–H and O–H groups in total. The van der Waals surface area contributed by atoms with Crippen molar-refractivity contribution < 1.29 is 14.7 Å². The van der Waals surface area contributed by atoms with Gasteiger partial charge in [0, 0.05) is 22.8 Å². The van der Waals surface area contributed by atoms with Crippen molar-refractivity contribution in [2.75, 3.05) is 0 Å². The largest absolute Gasteiger partial charge is 0.392 e. The second-order valence-corrected chi connectivity index (χ2v) is 12.3. The molecular formula is C27H42N2O3S. The van der Waals surface area contributed by atoms with Gasteiger partial charge in [-0.1, -0.05) is 46.1 Å². The fraction of sp³-hybridized carbons (Fsp3) is 0.778. The van der Waals surface area contributed by atoms with Crippen LogP contribution in [0.3, 0.4) is 0 Å². The van der Waals surface area contributed by atoms with Crippen LogP contribution in [-0.4, -0.2) is 29.1 Å². The predicted octanol–water partition coefficient (Wildman–Crippen LogP) is 4.89. The molecule has 0 aromatic carbocycles. The third-order valence-electron chi connectivity index (χ3n) is 9.26. The van der Waals surface area contributed by atoms with Crippen LogP contribution in [-0.2, 0) is 16.1 Å². The van der Waals surface area contributed by atoms with Gasteiger partial charge < -0.3 is 15.7 Å². The molecule has 3 aliphatic carbocycles. The summed E-state index contributed by atoms with van der Waals surface area (Å²) < 4.78 is 0. The van der Waals surface area contributed by atoms with E-state index in [2.05, 4.69) is 24.5 Å². The Bertz CT molecular complexity index is 806. The van der Waals surface area contributed by atoms with Crippen LogP contribution in [0.2, 0.25) is 0 Å². The molecule has 2 amide bonds. The highest BCUT2D eigenvalue weighted by atomic mass is 32.1. The Balaban J connectivity index is 1.40. The zero-order chi connectivity index (χ0) is 23.6. The summed E-state index contributed by atoms with van der Waals surface area (Å²) in [5.74, 6) is 0.454. The van der Waals surface area contributed by atoms with Crippen molar-refractivity contribution in [2.45, 2.75) is 97.2 Å². The maximum Gasteiger partial charge on any atom is 0.223 e. The van der Waals surface area contributed by atoms with E-state index in [9.17, 15) is 14.7 Å². The van der Waals surface area contributed by atoms with Crippen molar-refractivity contribution in [3.05, 3.63) is 22.4 Å². The summed E-state index contributed by atoms with van der Waals surface area (Å²) >= 11 is 1.64. The number of amides is 2. The van der Waals surface area contributed by atoms with Gasteiger partial charge in [0.25, 0.3) is 0 Å². The Labute approximate surface area is 203 Å². The van der Waals surface area contributed by atoms with Crippen LogP contribution < -0.4 is 10.6 Å². The zero-order valence-electron chi connectivity index (χ0n) is 20.5. The van der Waals surface area contributed by atoms with Gasteiger partial charge >= 0.3 is 0 Å². The van der Waals surface area contributed by atoms with E-state index in [1.165, 1.54) is 6.42 Å². The van der Waals surface area contributed by atoms with Gasteiger partial charge in [-0.05, 0) is 73.1 Å². The second-order valence-electron chi connectivity index (χ2n) is 11.3. The van der Waals surface area contributed by atoms with Gasteiger partial charge in [-0.3, -0.25) is 9.59 Å². The van der Waals surface area contributed by atoms with Crippen LogP contribution in [0.15, 0.2) is 17.5 Å². The Hall–Kier alpha value is -1.40. The Morgan fingerprint density at radius 2 is 1.91 bits per heavy atom. The summed E-state index contributed by atoms with van der Waals surface area (Å²) in [5, 5.41) is 20.1. The molecule has 4 rings (SSSR count). The number of rotatable bonds is 6. The van der Waals surface area contributed by atoms with Crippen molar-refractivity contribution in [1.29, 1.82) is 0 Å². The van der Waals surface area contributed by atoms with Gasteiger partial charge in [0.2, 0.25) is 11.8 Å². The first-order valence-corrected chi connectivity index (χ1v) is 14.0. The number of hydrogen-bond acceptors (Lipinski definition) is 4. The molecule has 0 spiro atoms. The zero-order valence-corrected chi connectivity index (χ0v) is 21.3. The standard InChI is InChI=1S/C27H42N2O3S/c1-17(25(31)28-16-20-10-7-15-33-20)21-11-13-27(3)14-12-22(18(2)23(27)24(21)30)29-26(32)19-8-5-4-6-9-19/h7,10,15,17-19,21-24,30H,4-6,8-9,11-14,16H2,1-3H3,(H,28,31)(H,29,32)/t17-,18-,21-,22-,23+,24-,27+/m0/s1. The van der Waals surface area contributed by atoms with Crippen LogP contribution in [0, 0.1) is 35.0 Å². The average molecular weight is 475 g/mol. The maximum atomic E-state index is 12.9. The number of carbonyl (C=O) groups is 2. The topological polar surface area (TPSA) is 78.4 Å². The molecule has 3 aliphatic rings. The number of aliphatic hydroxyl groups is 1. The highest BCUT2D eigenvalue weighted by Gasteiger charge is 2.54. The third-order valence-corrected chi connectivity index (χ3v) is 10.1. The van der Waals surface area contributed by atoms with Crippen molar-refractivity contribution in [2.24, 2.45) is 35.0 Å². The van der Waals surface area contributed by atoms with Crippen molar-refractivity contribution in [3.8, 4) is 0 Å². The normalized spacial score (nSPS) is 35.9. The number of thiophene rings is 1. The van der Waals surface area contributed by atoms with Gasteiger partial charge in [-0.25, -0.2) is 0 Å². The average Bonchev–Trinajstić information content (AvgIpc) is 3.33. The molecule has 3 saturated carbocycles. The van der Waals surface area contributed by atoms with E-state index in [-0.39, 0.29) is 52.9 Å².